The Morgan fingerprint density at radius 2 is 1.91 bits per heavy atom. The third-order valence-electron chi connectivity index (χ3n) is 5.02. The number of nitrogens with two attached hydrogens (primary N) is 1. The number of carbonyl (C=O) groups excluding carboxylic acids is 1. The van der Waals surface area contributed by atoms with Crippen molar-refractivity contribution in [2.45, 2.75) is 19.1 Å². The van der Waals surface area contributed by atoms with Crippen LogP contribution in [0.15, 0.2) is 30.5 Å². The summed E-state index contributed by atoms with van der Waals surface area (Å²) in [5.74, 6) is -1.31. The Labute approximate surface area is 189 Å². The highest BCUT2D eigenvalue weighted by atomic mass is 32.2. The highest BCUT2D eigenvalue weighted by Crippen LogP contribution is 2.25. The number of carbonyl (C=O) groups is 1. The fraction of sp³-hybridized carbons (Fsp3) is 0.421. The quantitative estimate of drug-likeness (QED) is 0.538. The van der Waals surface area contributed by atoms with Gasteiger partial charge in [0.15, 0.2) is 0 Å². The third kappa shape index (κ3) is 6.44. The summed E-state index contributed by atoms with van der Waals surface area (Å²) in [5.41, 5.74) is 6.38. The predicted octanol–water partition coefficient (Wildman–Crippen LogP) is 1.76. The standard InChI is InChI=1S/C19H24F3N7O3S/c1-12-10-28(33(2,31)32)7-8-29(12)14-5-3-13(4-6-14)26-18-24-9-15(16(23)30)17(27-18)25-11-19(20,21)22/h3-6,9,12H,7-8,10-11H2,1-2H3,(H2,23,30)(H2,24,25,26,27). The summed E-state index contributed by atoms with van der Waals surface area (Å²) < 4.78 is 62.6. The van der Waals surface area contributed by atoms with Crippen molar-refractivity contribution >= 4 is 39.1 Å². The number of hydrogen-bond acceptors (Lipinski definition) is 8. The minimum atomic E-state index is -4.51. The lowest BCUT2D eigenvalue weighted by Gasteiger charge is -2.40. The molecular formula is C19H24F3N7O3S. The summed E-state index contributed by atoms with van der Waals surface area (Å²) in [5, 5.41) is 4.94. The number of hydrogen-bond donors (Lipinski definition) is 3. The highest BCUT2D eigenvalue weighted by Gasteiger charge is 2.29. The van der Waals surface area contributed by atoms with Gasteiger partial charge in [0.2, 0.25) is 16.0 Å². The number of anilines is 4. The van der Waals surface area contributed by atoms with Crippen LogP contribution in [0.2, 0.25) is 0 Å². The van der Waals surface area contributed by atoms with Crippen LogP contribution in [-0.2, 0) is 10.0 Å². The van der Waals surface area contributed by atoms with Crippen molar-refractivity contribution in [3.8, 4) is 0 Å². The predicted molar refractivity (Wildman–Crippen MR) is 118 cm³/mol. The van der Waals surface area contributed by atoms with Crippen LogP contribution in [0, 0.1) is 0 Å². The van der Waals surface area contributed by atoms with Gasteiger partial charge in [-0.25, -0.2) is 13.4 Å². The van der Waals surface area contributed by atoms with E-state index in [4.69, 9.17) is 5.73 Å². The van der Waals surface area contributed by atoms with E-state index in [9.17, 15) is 26.4 Å². The molecule has 0 radical (unpaired) electrons. The molecule has 0 aliphatic carbocycles. The van der Waals surface area contributed by atoms with Crippen LogP contribution < -0.4 is 21.3 Å². The first-order chi connectivity index (χ1) is 15.3. The molecule has 0 saturated carbocycles. The minimum Gasteiger partial charge on any atom is -0.366 e. The molecule has 1 fully saturated rings. The molecule has 10 nitrogen and oxygen atoms in total. The van der Waals surface area contributed by atoms with Gasteiger partial charge in [-0.15, -0.1) is 0 Å². The Morgan fingerprint density at radius 1 is 1.24 bits per heavy atom. The number of alkyl halides is 3. The van der Waals surface area contributed by atoms with Crippen LogP contribution in [0.3, 0.4) is 0 Å². The molecule has 3 rings (SSSR count). The molecule has 33 heavy (non-hydrogen) atoms. The van der Waals surface area contributed by atoms with Crippen molar-refractivity contribution in [3.05, 3.63) is 36.0 Å². The van der Waals surface area contributed by atoms with Crippen molar-refractivity contribution in [2.75, 3.05) is 48.0 Å². The van der Waals surface area contributed by atoms with Crippen molar-refractivity contribution in [1.82, 2.24) is 14.3 Å². The van der Waals surface area contributed by atoms with Crippen molar-refractivity contribution in [3.63, 3.8) is 0 Å². The zero-order valence-corrected chi connectivity index (χ0v) is 18.7. The molecule has 1 aliphatic heterocycles. The van der Waals surface area contributed by atoms with Crippen LogP contribution in [0.5, 0.6) is 0 Å². The summed E-state index contributed by atoms with van der Waals surface area (Å²) in [4.78, 5) is 21.4. The summed E-state index contributed by atoms with van der Waals surface area (Å²) in [6.07, 6.45) is -2.27. The average molecular weight is 488 g/mol. The Balaban J connectivity index is 1.71. The first kappa shape index (κ1) is 24.5. The lowest BCUT2D eigenvalue weighted by molar-refractivity contribution is -0.115. The highest BCUT2D eigenvalue weighted by molar-refractivity contribution is 7.88. The number of nitrogens with one attached hydrogen (secondary N) is 2. The van der Waals surface area contributed by atoms with Gasteiger partial charge in [0, 0.05) is 43.2 Å². The second-order valence-electron chi connectivity index (χ2n) is 7.62. The maximum Gasteiger partial charge on any atom is 0.405 e. The Bertz CT molecular complexity index is 1110. The van der Waals surface area contributed by atoms with Gasteiger partial charge in [-0.05, 0) is 31.2 Å². The third-order valence-corrected chi connectivity index (χ3v) is 6.29. The molecule has 1 saturated heterocycles. The van der Waals surface area contributed by atoms with Crippen molar-refractivity contribution < 1.29 is 26.4 Å². The Kier molecular flexibility index (Phi) is 6.97. The zero-order chi connectivity index (χ0) is 24.4. The molecule has 14 heteroatoms. The number of piperazine rings is 1. The number of primary amides is 1. The average Bonchev–Trinajstić information content (AvgIpc) is 2.71. The maximum atomic E-state index is 12.5. The van der Waals surface area contributed by atoms with E-state index in [1.807, 2.05) is 19.1 Å². The number of amides is 1. The van der Waals surface area contributed by atoms with E-state index in [-0.39, 0.29) is 23.4 Å². The van der Waals surface area contributed by atoms with Gasteiger partial charge in [0.05, 0.1) is 11.8 Å². The SMILES string of the molecule is CC1CN(S(C)(=O)=O)CCN1c1ccc(Nc2ncc(C(N)=O)c(NCC(F)(F)F)n2)cc1. The summed E-state index contributed by atoms with van der Waals surface area (Å²) in [6, 6.07) is 7.10. The molecule has 0 bridgehead atoms. The molecule has 2 heterocycles. The van der Waals surface area contributed by atoms with Gasteiger partial charge >= 0.3 is 6.18 Å². The summed E-state index contributed by atoms with van der Waals surface area (Å²) in [7, 11) is -3.24. The van der Waals surface area contributed by atoms with E-state index < -0.39 is 28.7 Å². The molecular weight excluding hydrogens is 463 g/mol. The molecule has 1 aromatic carbocycles. The lowest BCUT2D eigenvalue weighted by Crippen LogP contribution is -2.53. The molecule has 1 aliphatic rings. The lowest BCUT2D eigenvalue weighted by atomic mass is 10.1. The topological polar surface area (TPSA) is 134 Å². The minimum absolute atomic E-state index is 0.0208. The molecule has 1 aromatic heterocycles. The molecule has 0 spiro atoms. The van der Waals surface area contributed by atoms with Gasteiger partial charge in [-0.3, -0.25) is 4.79 Å². The maximum absolute atomic E-state index is 12.5. The van der Waals surface area contributed by atoms with E-state index in [0.29, 0.717) is 25.3 Å². The van der Waals surface area contributed by atoms with Crippen LogP contribution in [-0.4, -0.2) is 73.3 Å². The fourth-order valence-electron chi connectivity index (χ4n) is 3.42. The molecule has 4 N–H and O–H groups in total. The number of nitrogens with zero attached hydrogens (tertiary/aromatic N) is 4. The van der Waals surface area contributed by atoms with E-state index in [1.54, 1.807) is 12.1 Å². The van der Waals surface area contributed by atoms with Gasteiger partial charge < -0.3 is 21.3 Å². The van der Waals surface area contributed by atoms with Gasteiger partial charge in [0.25, 0.3) is 5.91 Å². The largest absolute Gasteiger partial charge is 0.405 e. The van der Waals surface area contributed by atoms with Gasteiger partial charge in [0.1, 0.15) is 12.4 Å². The molecule has 1 atom stereocenters. The second-order valence-corrected chi connectivity index (χ2v) is 9.61. The number of benzene rings is 1. The van der Waals surface area contributed by atoms with Crippen molar-refractivity contribution in [1.29, 1.82) is 0 Å². The zero-order valence-electron chi connectivity index (χ0n) is 17.9. The van der Waals surface area contributed by atoms with Crippen LogP contribution in [0.25, 0.3) is 0 Å². The number of sulfonamides is 1. The van der Waals surface area contributed by atoms with E-state index in [0.717, 1.165) is 11.9 Å². The smallest absolute Gasteiger partial charge is 0.366 e. The van der Waals surface area contributed by atoms with E-state index in [2.05, 4.69) is 25.5 Å². The first-order valence-corrected chi connectivity index (χ1v) is 11.7. The van der Waals surface area contributed by atoms with Crippen LogP contribution in [0.1, 0.15) is 17.3 Å². The van der Waals surface area contributed by atoms with E-state index >= 15 is 0 Å². The Morgan fingerprint density at radius 3 is 2.45 bits per heavy atom. The van der Waals surface area contributed by atoms with Gasteiger partial charge in [-0.2, -0.15) is 22.5 Å². The number of halogens is 3. The second kappa shape index (κ2) is 9.39. The molecule has 1 unspecified atom stereocenters. The van der Waals surface area contributed by atoms with Gasteiger partial charge in [-0.1, -0.05) is 0 Å². The van der Waals surface area contributed by atoms with Crippen LogP contribution in [0.4, 0.5) is 36.3 Å². The summed E-state index contributed by atoms with van der Waals surface area (Å²) >= 11 is 0. The van der Waals surface area contributed by atoms with Crippen molar-refractivity contribution in [2.24, 2.45) is 5.73 Å². The van der Waals surface area contributed by atoms with Crippen LogP contribution >= 0.6 is 0 Å². The monoisotopic (exact) mass is 487 g/mol. The molecule has 1 amide bonds. The normalized spacial score (nSPS) is 17.6. The number of rotatable bonds is 7. The Hall–Kier alpha value is -3.13. The van der Waals surface area contributed by atoms with E-state index in [1.165, 1.54) is 10.6 Å². The summed E-state index contributed by atoms with van der Waals surface area (Å²) in [6.45, 7) is 1.85. The molecule has 180 valence electrons. The number of aromatic nitrogens is 2. The fourth-order valence-corrected chi connectivity index (χ4v) is 4.32. The molecule has 2 aromatic rings. The first-order valence-electron chi connectivity index (χ1n) is 9.90.